The summed E-state index contributed by atoms with van der Waals surface area (Å²) < 4.78 is 0.875. The van der Waals surface area contributed by atoms with Gasteiger partial charge >= 0.3 is 0 Å². The first kappa shape index (κ1) is 16.9. The maximum Gasteiger partial charge on any atom is 0.228 e. The third-order valence-corrected chi connectivity index (χ3v) is 4.24. The Morgan fingerprint density at radius 2 is 1.91 bits per heavy atom. The van der Waals surface area contributed by atoms with Crippen LogP contribution in [0.2, 0.25) is 0 Å². The second-order valence-electron chi connectivity index (χ2n) is 6.67. The van der Waals surface area contributed by atoms with Gasteiger partial charge in [-0.05, 0) is 40.9 Å². The van der Waals surface area contributed by atoms with Crippen molar-refractivity contribution >= 4 is 33.6 Å². The highest BCUT2D eigenvalue weighted by molar-refractivity contribution is 9.10. The summed E-state index contributed by atoms with van der Waals surface area (Å²) in [4.78, 5) is 30.5. The fraction of sp³-hybridized carbons (Fsp3) is 0.562. The van der Waals surface area contributed by atoms with Crippen LogP contribution in [0.4, 0.5) is 5.82 Å². The fourth-order valence-corrected chi connectivity index (χ4v) is 2.73. The molecule has 0 spiro atoms. The van der Waals surface area contributed by atoms with Crippen LogP contribution in [0.3, 0.4) is 0 Å². The minimum absolute atomic E-state index is 0.0160. The van der Waals surface area contributed by atoms with E-state index in [1.54, 1.807) is 12.3 Å². The Morgan fingerprint density at radius 1 is 1.27 bits per heavy atom. The minimum Gasteiger partial charge on any atom is -0.342 e. The van der Waals surface area contributed by atoms with Gasteiger partial charge in [0.25, 0.3) is 0 Å². The van der Waals surface area contributed by atoms with Crippen LogP contribution >= 0.6 is 15.9 Å². The first-order valence-corrected chi connectivity index (χ1v) is 8.28. The smallest absolute Gasteiger partial charge is 0.228 e. The van der Waals surface area contributed by atoms with E-state index in [9.17, 15) is 9.59 Å². The van der Waals surface area contributed by atoms with Crippen molar-refractivity contribution in [2.24, 2.45) is 11.3 Å². The number of nitrogens with zero attached hydrogens (tertiary/aromatic N) is 2. The van der Waals surface area contributed by atoms with Gasteiger partial charge < -0.3 is 10.2 Å². The summed E-state index contributed by atoms with van der Waals surface area (Å²) in [5, 5.41) is 2.84. The molecule has 0 aromatic carbocycles. The molecule has 0 bridgehead atoms. The number of nitrogens with one attached hydrogen (secondary N) is 1. The van der Waals surface area contributed by atoms with Gasteiger partial charge in [0.15, 0.2) is 0 Å². The van der Waals surface area contributed by atoms with E-state index in [-0.39, 0.29) is 23.1 Å². The van der Waals surface area contributed by atoms with Crippen LogP contribution in [-0.2, 0) is 9.59 Å². The number of piperidine rings is 1. The van der Waals surface area contributed by atoms with Crippen molar-refractivity contribution in [2.45, 2.75) is 33.6 Å². The van der Waals surface area contributed by atoms with E-state index in [4.69, 9.17) is 0 Å². The number of aromatic nitrogens is 1. The second kappa shape index (κ2) is 6.77. The molecule has 1 aliphatic rings. The van der Waals surface area contributed by atoms with Crippen LogP contribution in [0.1, 0.15) is 33.6 Å². The van der Waals surface area contributed by atoms with Gasteiger partial charge in [0.2, 0.25) is 11.8 Å². The van der Waals surface area contributed by atoms with Gasteiger partial charge in [-0.25, -0.2) is 4.98 Å². The minimum atomic E-state index is -0.365. The van der Waals surface area contributed by atoms with Crippen LogP contribution in [0.5, 0.6) is 0 Å². The first-order valence-electron chi connectivity index (χ1n) is 7.49. The highest BCUT2D eigenvalue weighted by Gasteiger charge is 2.32. The third kappa shape index (κ3) is 4.29. The van der Waals surface area contributed by atoms with Crippen molar-refractivity contribution < 1.29 is 9.59 Å². The number of halogens is 1. The van der Waals surface area contributed by atoms with E-state index in [0.717, 1.165) is 4.47 Å². The summed E-state index contributed by atoms with van der Waals surface area (Å²) in [6.07, 6.45) is 3.05. The Balaban J connectivity index is 1.87. The summed E-state index contributed by atoms with van der Waals surface area (Å²) in [5.74, 6) is 0.634. The molecule has 1 aliphatic heterocycles. The normalized spacial score (nSPS) is 16.5. The van der Waals surface area contributed by atoms with E-state index in [1.165, 1.54) is 0 Å². The van der Waals surface area contributed by atoms with Crippen LogP contribution in [0.15, 0.2) is 22.8 Å². The highest BCUT2D eigenvalue weighted by Crippen LogP contribution is 2.24. The van der Waals surface area contributed by atoms with Gasteiger partial charge in [0.1, 0.15) is 5.82 Å². The Labute approximate surface area is 139 Å². The average molecular weight is 368 g/mol. The predicted octanol–water partition coefficient (Wildman–Crippen LogP) is 3.07. The molecule has 1 saturated heterocycles. The van der Waals surface area contributed by atoms with Crippen LogP contribution in [0, 0.1) is 11.3 Å². The lowest BCUT2D eigenvalue weighted by Gasteiger charge is -2.35. The maximum atomic E-state index is 12.3. The summed E-state index contributed by atoms with van der Waals surface area (Å²) >= 11 is 3.31. The number of carbonyl (C=O) groups excluding carboxylic acids is 2. The molecule has 2 rings (SSSR count). The van der Waals surface area contributed by atoms with E-state index < -0.39 is 0 Å². The molecule has 2 amide bonds. The highest BCUT2D eigenvalue weighted by atomic mass is 79.9. The second-order valence-corrected chi connectivity index (χ2v) is 7.58. The molecule has 6 heteroatoms. The van der Waals surface area contributed by atoms with E-state index in [0.29, 0.717) is 31.7 Å². The molecule has 0 unspecified atom stereocenters. The number of hydrogen-bond acceptors (Lipinski definition) is 3. The standard InChI is InChI=1S/C16H22BrN3O2/c1-16(2,3)15(22)20-8-6-11(7-9-20)14(21)19-13-5-4-12(17)10-18-13/h4-5,10-11H,6-9H2,1-3H3,(H,18,19,21). The molecule has 0 atom stereocenters. The zero-order valence-corrected chi connectivity index (χ0v) is 14.8. The molecule has 0 aliphatic carbocycles. The monoisotopic (exact) mass is 367 g/mol. The van der Waals surface area contributed by atoms with Crippen LogP contribution in [0.25, 0.3) is 0 Å². The number of carbonyl (C=O) groups is 2. The van der Waals surface area contributed by atoms with E-state index in [2.05, 4.69) is 26.2 Å². The quantitative estimate of drug-likeness (QED) is 0.873. The molecule has 1 aromatic rings. The lowest BCUT2D eigenvalue weighted by molar-refractivity contribution is -0.142. The van der Waals surface area contributed by atoms with E-state index in [1.807, 2.05) is 31.7 Å². The maximum absolute atomic E-state index is 12.3. The molecule has 1 aromatic heterocycles. The SMILES string of the molecule is CC(C)(C)C(=O)N1CCC(C(=O)Nc2ccc(Br)cn2)CC1. The summed E-state index contributed by atoms with van der Waals surface area (Å²) in [5.41, 5.74) is -0.365. The predicted molar refractivity (Wildman–Crippen MR) is 89.3 cm³/mol. The molecule has 120 valence electrons. The van der Waals surface area contributed by atoms with Crippen molar-refractivity contribution in [3.63, 3.8) is 0 Å². The number of anilines is 1. The van der Waals surface area contributed by atoms with Crippen LogP contribution in [-0.4, -0.2) is 34.8 Å². The lowest BCUT2D eigenvalue weighted by atomic mass is 9.90. The van der Waals surface area contributed by atoms with Gasteiger partial charge in [0.05, 0.1) is 0 Å². The molecule has 5 nitrogen and oxygen atoms in total. The summed E-state index contributed by atoms with van der Waals surface area (Å²) in [6.45, 7) is 7.05. The average Bonchev–Trinajstić information content (AvgIpc) is 2.48. The molecular weight excluding hydrogens is 346 g/mol. The first-order chi connectivity index (χ1) is 10.3. The number of amides is 2. The Bertz CT molecular complexity index is 544. The van der Waals surface area contributed by atoms with Crippen LogP contribution < -0.4 is 5.32 Å². The lowest BCUT2D eigenvalue weighted by Crippen LogP contribution is -2.45. The van der Waals surface area contributed by atoms with Gasteiger partial charge in [0, 0.05) is 35.1 Å². The molecule has 2 heterocycles. The summed E-state index contributed by atoms with van der Waals surface area (Å²) in [7, 11) is 0. The molecule has 0 radical (unpaired) electrons. The molecule has 1 N–H and O–H groups in total. The topological polar surface area (TPSA) is 62.3 Å². The Morgan fingerprint density at radius 3 is 2.41 bits per heavy atom. The molecule has 1 fully saturated rings. The number of hydrogen-bond donors (Lipinski definition) is 1. The zero-order valence-electron chi connectivity index (χ0n) is 13.2. The largest absolute Gasteiger partial charge is 0.342 e. The van der Waals surface area contributed by atoms with Gasteiger partial charge in [-0.1, -0.05) is 20.8 Å². The van der Waals surface area contributed by atoms with Crippen molar-refractivity contribution in [1.82, 2.24) is 9.88 Å². The fourth-order valence-electron chi connectivity index (χ4n) is 2.50. The van der Waals surface area contributed by atoms with E-state index >= 15 is 0 Å². The van der Waals surface area contributed by atoms with Crippen molar-refractivity contribution in [3.05, 3.63) is 22.8 Å². The Kier molecular flexibility index (Phi) is 5.21. The van der Waals surface area contributed by atoms with Gasteiger partial charge in [-0.15, -0.1) is 0 Å². The number of rotatable bonds is 2. The zero-order chi connectivity index (χ0) is 16.3. The molecule has 22 heavy (non-hydrogen) atoms. The van der Waals surface area contributed by atoms with Gasteiger partial charge in [-0.2, -0.15) is 0 Å². The Hall–Kier alpha value is -1.43. The summed E-state index contributed by atoms with van der Waals surface area (Å²) in [6, 6.07) is 3.60. The van der Waals surface area contributed by atoms with Crippen molar-refractivity contribution in [3.8, 4) is 0 Å². The molecule has 0 saturated carbocycles. The number of pyridine rings is 1. The number of likely N-dealkylation sites (tertiary alicyclic amines) is 1. The molecular formula is C16H22BrN3O2. The van der Waals surface area contributed by atoms with Crippen molar-refractivity contribution in [1.29, 1.82) is 0 Å². The van der Waals surface area contributed by atoms with Gasteiger partial charge in [-0.3, -0.25) is 9.59 Å². The third-order valence-electron chi connectivity index (χ3n) is 3.77. The van der Waals surface area contributed by atoms with Crippen molar-refractivity contribution in [2.75, 3.05) is 18.4 Å².